The minimum absolute atomic E-state index is 0.111. The summed E-state index contributed by atoms with van der Waals surface area (Å²) in [6.45, 7) is 4.60. The molecule has 0 radical (unpaired) electrons. The van der Waals surface area contributed by atoms with Crippen molar-refractivity contribution in [2.75, 3.05) is 13.1 Å². The van der Waals surface area contributed by atoms with Crippen LogP contribution >= 0.6 is 0 Å². The van der Waals surface area contributed by atoms with Gasteiger partial charge in [0.1, 0.15) is 5.82 Å². The smallest absolute Gasteiger partial charge is 0.336 e. The summed E-state index contributed by atoms with van der Waals surface area (Å²) in [6.07, 6.45) is 6.45. The van der Waals surface area contributed by atoms with Crippen molar-refractivity contribution >= 4 is 5.97 Å². The highest BCUT2D eigenvalue weighted by Gasteiger charge is 2.43. The van der Waals surface area contributed by atoms with Gasteiger partial charge in [-0.2, -0.15) is 0 Å². The number of aryl methyl sites for hydroxylation is 2. The second-order valence-corrected chi connectivity index (χ2v) is 7.35. The second kappa shape index (κ2) is 6.23. The lowest BCUT2D eigenvalue weighted by molar-refractivity contribution is 0.0693. The predicted molar refractivity (Wildman–Crippen MR) is 94.7 cm³/mol. The number of carboxylic acids is 1. The van der Waals surface area contributed by atoms with Crippen molar-refractivity contribution in [3.8, 4) is 0 Å². The highest BCUT2D eigenvalue weighted by atomic mass is 16.4. The minimum atomic E-state index is -0.850. The van der Waals surface area contributed by atoms with E-state index in [4.69, 9.17) is 4.98 Å². The molecule has 5 heteroatoms. The Balaban J connectivity index is 1.59. The number of carboxylic acid groups (broad SMARTS) is 1. The molecular formula is C20H23N3O2. The van der Waals surface area contributed by atoms with Crippen LogP contribution in [-0.2, 0) is 18.4 Å². The quantitative estimate of drug-likeness (QED) is 0.933. The molecule has 1 spiro atoms. The number of aromatic nitrogens is 2. The Labute approximate surface area is 147 Å². The summed E-state index contributed by atoms with van der Waals surface area (Å²) in [5.41, 5.74) is 3.94. The van der Waals surface area contributed by atoms with Crippen molar-refractivity contribution in [1.82, 2.24) is 14.9 Å². The van der Waals surface area contributed by atoms with Gasteiger partial charge in [-0.25, -0.2) is 14.8 Å². The van der Waals surface area contributed by atoms with Gasteiger partial charge in [0.2, 0.25) is 0 Å². The molecule has 1 atom stereocenters. The Morgan fingerprint density at radius 3 is 3.00 bits per heavy atom. The highest BCUT2D eigenvalue weighted by molar-refractivity contribution is 5.89. The molecule has 0 bridgehead atoms. The Morgan fingerprint density at radius 1 is 1.32 bits per heavy atom. The van der Waals surface area contributed by atoms with Crippen LogP contribution in [0.25, 0.3) is 0 Å². The average Bonchev–Trinajstić information content (AvgIpc) is 2.93. The van der Waals surface area contributed by atoms with Crippen molar-refractivity contribution in [3.63, 3.8) is 0 Å². The van der Waals surface area contributed by atoms with Crippen LogP contribution < -0.4 is 0 Å². The molecule has 4 rings (SSSR count). The first-order chi connectivity index (χ1) is 12.1. The third kappa shape index (κ3) is 2.93. The van der Waals surface area contributed by atoms with Crippen molar-refractivity contribution in [3.05, 3.63) is 58.7 Å². The van der Waals surface area contributed by atoms with E-state index < -0.39 is 5.97 Å². The maximum atomic E-state index is 11.5. The van der Waals surface area contributed by atoms with Crippen LogP contribution in [0.5, 0.6) is 0 Å². The lowest BCUT2D eigenvalue weighted by Gasteiger charge is -2.40. The van der Waals surface area contributed by atoms with Crippen LogP contribution in [0.1, 0.15) is 52.3 Å². The molecule has 1 N–H and O–H groups in total. The van der Waals surface area contributed by atoms with Gasteiger partial charge < -0.3 is 5.11 Å². The van der Waals surface area contributed by atoms with E-state index in [0.29, 0.717) is 12.1 Å². The van der Waals surface area contributed by atoms with Crippen molar-refractivity contribution in [2.45, 2.75) is 44.6 Å². The molecule has 0 saturated carbocycles. The molecule has 1 fully saturated rings. The van der Waals surface area contributed by atoms with Crippen LogP contribution in [0.15, 0.2) is 30.5 Å². The standard InChI is InChI=1S/C20H23N3O2/c1-14-21-11-15-7-9-20(18(15)22-14)8-4-10-23(13-20)12-16-5-2-3-6-17(16)19(24)25/h2-3,5-6,11H,4,7-10,12-13H2,1H3,(H,24,25). The fraction of sp³-hybridized carbons (Fsp3) is 0.450. The summed E-state index contributed by atoms with van der Waals surface area (Å²) in [7, 11) is 0. The van der Waals surface area contributed by atoms with E-state index in [9.17, 15) is 9.90 Å². The van der Waals surface area contributed by atoms with Gasteiger partial charge in [0.05, 0.1) is 11.3 Å². The first-order valence-electron chi connectivity index (χ1n) is 8.94. The number of carbonyl (C=O) groups is 1. The van der Waals surface area contributed by atoms with Gasteiger partial charge in [-0.1, -0.05) is 18.2 Å². The topological polar surface area (TPSA) is 66.3 Å². The first-order valence-corrected chi connectivity index (χ1v) is 8.94. The summed E-state index contributed by atoms with van der Waals surface area (Å²) in [5, 5.41) is 9.43. The van der Waals surface area contributed by atoms with E-state index in [-0.39, 0.29) is 5.41 Å². The zero-order chi connectivity index (χ0) is 17.4. The number of likely N-dealkylation sites (tertiary alicyclic amines) is 1. The van der Waals surface area contributed by atoms with Gasteiger partial charge >= 0.3 is 5.97 Å². The number of hydrogen-bond acceptors (Lipinski definition) is 4. The van der Waals surface area contributed by atoms with E-state index in [2.05, 4.69) is 9.88 Å². The van der Waals surface area contributed by atoms with Crippen LogP contribution in [0.3, 0.4) is 0 Å². The molecule has 1 saturated heterocycles. The molecule has 1 aromatic carbocycles. The van der Waals surface area contributed by atoms with Crippen LogP contribution in [0.4, 0.5) is 0 Å². The van der Waals surface area contributed by atoms with Gasteiger partial charge in [-0.05, 0) is 56.3 Å². The maximum absolute atomic E-state index is 11.5. The maximum Gasteiger partial charge on any atom is 0.336 e. The molecule has 2 heterocycles. The van der Waals surface area contributed by atoms with Gasteiger partial charge in [0, 0.05) is 24.7 Å². The fourth-order valence-electron chi connectivity index (χ4n) is 4.50. The zero-order valence-electron chi connectivity index (χ0n) is 14.5. The third-order valence-corrected chi connectivity index (χ3v) is 5.66. The molecule has 25 heavy (non-hydrogen) atoms. The molecule has 1 aromatic heterocycles. The number of aromatic carboxylic acids is 1. The molecule has 1 aliphatic carbocycles. The van der Waals surface area contributed by atoms with Crippen molar-refractivity contribution in [1.29, 1.82) is 0 Å². The average molecular weight is 337 g/mol. The van der Waals surface area contributed by atoms with Crippen LogP contribution in [-0.4, -0.2) is 39.0 Å². The fourth-order valence-corrected chi connectivity index (χ4v) is 4.50. The number of fused-ring (bicyclic) bond motifs is 2. The highest BCUT2D eigenvalue weighted by Crippen LogP contribution is 2.44. The van der Waals surface area contributed by atoms with Gasteiger partial charge in [0.25, 0.3) is 0 Å². The molecule has 5 nitrogen and oxygen atoms in total. The molecular weight excluding hydrogens is 314 g/mol. The molecule has 0 amide bonds. The van der Waals surface area contributed by atoms with Gasteiger partial charge in [-0.3, -0.25) is 4.90 Å². The first kappa shape index (κ1) is 16.2. The molecule has 1 aliphatic heterocycles. The third-order valence-electron chi connectivity index (χ3n) is 5.66. The lowest BCUT2D eigenvalue weighted by atomic mass is 9.77. The molecule has 2 aliphatic rings. The Bertz CT molecular complexity index is 816. The van der Waals surface area contributed by atoms with Crippen LogP contribution in [0, 0.1) is 6.92 Å². The Kier molecular flexibility index (Phi) is 4.04. The van der Waals surface area contributed by atoms with E-state index in [1.165, 1.54) is 11.3 Å². The largest absolute Gasteiger partial charge is 0.478 e. The predicted octanol–water partition coefficient (Wildman–Crippen LogP) is 2.96. The van der Waals surface area contributed by atoms with Gasteiger partial charge in [-0.15, -0.1) is 0 Å². The summed E-state index contributed by atoms with van der Waals surface area (Å²) in [5.74, 6) is -0.00901. The van der Waals surface area contributed by atoms with Crippen molar-refractivity contribution in [2.24, 2.45) is 0 Å². The number of piperidine rings is 1. The van der Waals surface area contributed by atoms with Crippen LogP contribution in [0.2, 0.25) is 0 Å². The summed E-state index contributed by atoms with van der Waals surface area (Å²) in [4.78, 5) is 23.0. The summed E-state index contributed by atoms with van der Waals surface area (Å²) < 4.78 is 0. The Hall–Kier alpha value is -2.27. The van der Waals surface area contributed by atoms with E-state index in [0.717, 1.165) is 50.2 Å². The zero-order valence-corrected chi connectivity index (χ0v) is 14.5. The molecule has 1 unspecified atom stereocenters. The van der Waals surface area contributed by atoms with E-state index in [1.807, 2.05) is 25.3 Å². The lowest BCUT2D eigenvalue weighted by Crippen LogP contribution is -2.45. The number of benzene rings is 1. The van der Waals surface area contributed by atoms with Crippen molar-refractivity contribution < 1.29 is 9.90 Å². The SMILES string of the molecule is Cc1ncc2c(n1)C1(CCCN(Cc3ccccc3C(=O)O)C1)CC2. The monoisotopic (exact) mass is 337 g/mol. The van der Waals surface area contributed by atoms with Gasteiger partial charge in [0.15, 0.2) is 0 Å². The summed E-state index contributed by atoms with van der Waals surface area (Å²) >= 11 is 0. The number of nitrogens with zero attached hydrogens (tertiary/aromatic N) is 3. The normalized spacial score (nSPS) is 22.9. The summed E-state index contributed by atoms with van der Waals surface area (Å²) in [6, 6.07) is 7.33. The number of rotatable bonds is 3. The number of hydrogen-bond donors (Lipinski definition) is 1. The Morgan fingerprint density at radius 2 is 2.16 bits per heavy atom. The van der Waals surface area contributed by atoms with E-state index >= 15 is 0 Å². The minimum Gasteiger partial charge on any atom is -0.478 e. The van der Waals surface area contributed by atoms with E-state index in [1.54, 1.807) is 12.1 Å². The molecule has 2 aromatic rings. The second-order valence-electron chi connectivity index (χ2n) is 7.35. The molecule has 130 valence electrons.